The molecule has 3 atom stereocenters. The van der Waals surface area contributed by atoms with E-state index in [-0.39, 0.29) is 13.2 Å². The summed E-state index contributed by atoms with van der Waals surface area (Å²) in [5.41, 5.74) is 7.86. The van der Waals surface area contributed by atoms with E-state index < -0.39 is 18.3 Å². The highest BCUT2D eigenvalue weighted by Gasteiger charge is 2.33. The van der Waals surface area contributed by atoms with Crippen molar-refractivity contribution in [1.82, 2.24) is 19.9 Å². The van der Waals surface area contributed by atoms with E-state index in [1.807, 2.05) is 42.5 Å². The van der Waals surface area contributed by atoms with Crippen LogP contribution >= 0.6 is 0 Å². The van der Waals surface area contributed by atoms with Gasteiger partial charge in [-0.2, -0.15) is 0 Å². The van der Waals surface area contributed by atoms with Crippen molar-refractivity contribution in [2.24, 2.45) is 0 Å². The summed E-state index contributed by atoms with van der Waals surface area (Å²) in [7, 11) is 0. The van der Waals surface area contributed by atoms with Crippen molar-refractivity contribution in [2.75, 3.05) is 13.2 Å². The van der Waals surface area contributed by atoms with Crippen LogP contribution in [-0.2, 0) is 4.74 Å². The van der Waals surface area contributed by atoms with Gasteiger partial charge in [0, 0.05) is 22.1 Å². The highest BCUT2D eigenvalue weighted by Crippen LogP contribution is 2.17. The van der Waals surface area contributed by atoms with Crippen LogP contribution in [0.1, 0.15) is 22.8 Å². The summed E-state index contributed by atoms with van der Waals surface area (Å²) < 4.78 is 4.78. The Morgan fingerprint density at radius 3 is 1.58 bits per heavy atom. The molecule has 8 heteroatoms. The van der Waals surface area contributed by atoms with Crippen molar-refractivity contribution in [3.05, 3.63) is 71.3 Å². The molecular weight excluding hydrogens is 420 g/mol. The molecule has 1 fully saturated rings. The lowest BCUT2D eigenvalue weighted by atomic mass is 10.2. The molecule has 3 aliphatic rings. The van der Waals surface area contributed by atoms with Crippen molar-refractivity contribution in [3.8, 4) is 0 Å². The maximum absolute atomic E-state index is 8.92. The summed E-state index contributed by atoms with van der Waals surface area (Å²) >= 11 is 0. The van der Waals surface area contributed by atoms with Crippen LogP contribution in [0, 0.1) is 0 Å². The first-order valence-electron chi connectivity index (χ1n) is 10.7. The molecule has 6 heterocycles. The molecule has 3 aromatic heterocycles. The first-order chi connectivity index (χ1) is 16.1. The molecule has 0 radical (unpaired) electrons. The Balaban J connectivity index is 0.000000215. The van der Waals surface area contributed by atoms with Gasteiger partial charge in [-0.25, -0.2) is 9.97 Å². The van der Waals surface area contributed by atoms with Crippen LogP contribution in [0.15, 0.2) is 48.5 Å². The minimum atomic E-state index is -0.921. The predicted octanol–water partition coefficient (Wildman–Crippen LogP) is 2.75. The normalized spacial score (nSPS) is 21.1. The topological polar surface area (TPSA) is 127 Å². The highest BCUT2D eigenvalue weighted by molar-refractivity contribution is 5.77. The van der Waals surface area contributed by atoms with Crippen LogP contribution < -0.4 is 0 Å². The Kier molecular flexibility index (Phi) is 5.89. The van der Waals surface area contributed by atoms with Gasteiger partial charge in [0.1, 0.15) is 18.3 Å². The van der Waals surface area contributed by atoms with E-state index in [1.54, 1.807) is 0 Å². The molecule has 0 saturated carbocycles. The Bertz CT molecular complexity index is 1280. The molecule has 0 spiro atoms. The molecule has 0 unspecified atom stereocenters. The second-order valence-electron chi connectivity index (χ2n) is 8.02. The molecular formula is C25H24N4O4. The number of aromatic amines is 2. The maximum Gasteiger partial charge on any atom is 0.110 e. The summed E-state index contributed by atoms with van der Waals surface area (Å²) in [5, 5.41) is 26.2. The number of aliphatic hydroxyl groups excluding tert-OH is 3. The number of ether oxygens (including phenoxy) is 1. The van der Waals surface area contributed by atoms with Gasteiger partial charge in [0.05, 0.1) is 36.0 Å². The minimum Gasteiger partial charge on any atom is -0.394 e. The summed E-state index contributed by atoms with van der Waals surface area (Å²) in [6.45, 7) is -0.120. The average Bonchev–Trinajstić information content (AvgIpc) is 3.62. The first kappa shape index (κ1) is 21.3. The smallest absolute Gasteiger partial charge is 0.110 e. The number of fused-ring (bicyclic) bond motifs is 8. The van der Waals surface area contributed by atoms with Gasteiger partial charge in [0.25, 0.3) is 0 Å². The van der Waals surface area contributed by atoms with Crippen molar-refractivity contribution < 1.29 is 20.1 Å². The van der Waals surface area contributed by atoms with Crippen LogP contribution in [0.2, 0.25) is 0 Å². The number of H-pyrrole nitrogens is 2. The number of rotatable bonds is 1. The van der Waals surface area contributed by atoms with Gasteiger partial charge in [-0.15, -0.1) is 0 Å². The third-order valence-corrected chi connectivity index (χ3v) is 5.48. The lowest BCUT2D eigenvalue weighted by Gasteiger charge is -2.10. The maximum atomic E-state index is 8.92. The van der Waals surface area contributed by atoms with Gasteiger partial charge in [-0.3, -0.25) is 0 Å². The van der Waals surface area contributed by atoms with Gasteiger partial charge in [-0.05, 0) is 72.8 Å². The van der Waals surface area contributed by atoms with Gasteiger partial charge in [-0.1, -0.05) is 0 Å². The van der Waals surface area contributed by atoms with E-state index >= 15 is 0 Å². The fourth-order valence-electron chi connectivity index (χ4n) is 3.77. The van der Waals surface area contributed by atoms with Crippen LogP contribution in [0.25, 0.3) is 46.4 Å². The van der Waals surface area contributed by atoms with Crippen LogP contribution in [0.5, 0.6) is 0 Å². The quantitative estimate of drug-likeness (QED) is 0.271. The summed E-state index contributed by atoms with van der Waals surface area (Å²) in [6.07, 6.45) is 5.70. The van der Waals surface area contributed by atoms with Crippen LogP contribution in [0.3, 0.4) is 0 Å². The first-order valence-corrected chi connectivity index (χ1v) is 10.7. The van der Waals surface area contributed by atoms with E-state index in [0.29, 0.717) is 0 Å². The van der Waals surface area contributed by atoms with E-state index in [0.717, 1.165) is 44.8 Å². The molecule has 8 nitrogen and oxygen atoms in total. The molecule has 3 aliphatic heterocycles. The molecule has 1 saturated heterocycles. The zero-order valence-electron chi connectivity index (χ0n) is 17.7. The largest absolute Gasteiger partial charge is 0.394 e. The Hall–Kier alpha value is -3.56. The number of hydrogen-bond acceptors (Lipinski definition) is 6. The van der Waals surface area contributed by atoms with Gasteiger partial charge in [0.2, 0.25) is 0 Å². The Labute approximate surface area is 189 Å². The van der Waals surface area contributed by atoms with E-state index in [1.165, 1.54) is 0 Å². The zero-order valence-corrected chi connectivity index (χ0v) is 17.7. The molecule has 33 heavy (non-hydrogen) atoms. The summed E-state index contributed by atoms with van der Waals surface area (Å²) in [5.74, 6) is 0. The van der Waals surface area contributed by atoms with Crippen molar-refractivity contribution in [1.29, 1.82) is 0 Å². The van der Waals surface area contributed by atoms with Gasteiger partial charge >= 0.3 is 0 Å². The third kappa shape index (κ3) is 4.94. The van der Waals surface area contributed by atoms with Gasteiger partial charge < -0.3 is 30.0 Å². The Morgan fingerprint density at radius 1 is 0.727 bits per heavy atom. The predicted molar refractivity (Wildman–Crippen MR) is 128 cm³/mol. The fraction of sp³-hybridized carbons (Fsp3) is 0.200. The third-order valence-electron chi connectivity index (χ3n) is 5.48. The van der Waals surface area contributed by atoms with E-state index in [2.05, 4.69) is 50.3 Å². The molecule has 168 valence electrons. The molecule has 5 N–H and O–H groups in total. The second-order valence-corrected chi connectivity index (χ2v) is 8.02. The lowest BCUT2D eigenvalue weighted by molar-refractivity contribution is -0.00588. The minimum absolute atomic E-state index is 0.117. The lowest BCUT2D eigenvalue weighted by Crippen LogP contribution is -2.31. The SMILES string of the molecule is C1=Cc2cc3ccc(cc4ccc(cc5nc(cc1n2)C=C5)[nH]4)[nH]3.OC[C@H]1OC[C@H](O)[C@@H]1O. The second kappa shape index (κ2) is 9.13. The molecule has 3 aromatic rings. The van der Waals surface area contributed by atoms with E-state index in [9.17, 15) is 0 Å². The van der Waals surface area contributed by atoms with E-state index in [4.69, 9.17) is 20.1 Å². The number of nitrogens with one attached hydrogen (secondary N) is 2. The number of nitrogens with zero attached hydrogens (tertiary/aromatic N) is 2. The average molecular weight is 444 g/mol. The summed E-state index contributed by atoms with van der Waals surface area (Å²) in [4.78, 5) is 16.0. The molecule has 0 amide bonds. The van der Waals surface area contributed by atoms with Crippen molar-refractivity contribution in [2.45, 2.75) is 18.3 Å². The standard InChI is InChI=1S/C20H14N4.C5H10O4/c1-2-14-10-16-5-6-18(23-16)12-20-8-7-19(24-20)11-17-4-3-15(22-17)9-13(1)21-14;6-1-4-5(8)3(7)2-9-4/h1-12,21-22H;3-8H,1-2H2/t;3-,4+,5-/m.0/s1. The number of hydrogen-bond donors (Lipinski definition) is 5. The summed E-state index contributed by atoms with van der Waals surface area (Å²) in [6, 6.07) is 16.4. The molecule has 0 aromatic carbocycles. The number of aromatic nitrogens is 4. The molecule has 6 rings (SSSR count). The molecule has 0 aliphatic carbocycles. The Morgan fingerprint density at radius 2 is 1.18 bits per heavy atom. The molecule has 8 bridgehead atoms. The fourth-order valence-corrected chi connectivity index (χ4v) is 3.77. The monoisotopic (exact) mass is 444 g/mol. The van der Waals surface area contributed by atoms with Gasteiger partial charge in [0.15, 0.2) is 0 Å². The van der Waals surface area contributed by atoms with Crippen molar-refractivity contribution in [3.63, 3.8) is 0 Å². The van der Waals surface area contributed by atoms with Crippen LogP contribution in [-0.4, -0.2) is 66.8 Å². The zero-order chi connectivity index (χ0) is 22.8. The number of aliphatic hydroxyl groups is 3. The highest BCUT2D eigenvalue weighted by atomic mass is 16.5. The van der Waals surface area contributed by atoms with Crippen molar-refractivity contribution >= 4 is 46.4 Å². The van der Waals surface area contributed by atoms with Crippen LogP contribution in [0.4, 0.5) is 0 Å².